The van der Waals surface area contributed by atoms with Gasteiger partial charge < -0.3 is 5.11 Å². The summed E-state index contributed by atoms with van der Waals surface area (Å²) < 4.78 is 2.22. The van der Waals surface area contributed by atoms with Crippen molar-refractivity contribution in [1.82, 2.24) is 19.1 Å². The molecule has 0 unspecified atom stereocenters. The van der Waals surface area contributed by atoms with Gasteiger partial charge in [-0.2, -0.15) is 0 Å². The first kappa shape index (κ1) is 12.1. The molecule has 1 fully saturated rings. The van der Waals surface area contributed by atoms with Crippen molar-refractivity contribution in [3.8, 4) is 0 Å². The molecule has 7 nitrogen and oxygen atoms in total. The van der Waals surface area contributed by atoms with E-state index in [4.69, 9.17) is 0 Å². The minimum Gasteiger partial charge on any atom is -0.392 e. The van der Waals surface area contributed by atoms with Gasteiger partial charge in [-0.1, -0.05) is 6.07 Å². The Morgan fingerprint density at radius 2 is 2.32 bits per heavy atom. The minimum absolute atomic E-state index is 0.0981. The lowest BCUT2D eigenvalue weighted by atomic mass is 10.3. The number of aliphatic hydroxyl groups excluding tert-OH is 1. The molecule has 0 saturated carbocycles. The number of β-amino-alcohol motifs (C(OH)–C–C–N with tert-alkyl or cyclic N) is 1. The van der Waals surface area contributed by atoms with Crippen LogP contribution in [0.15, 0.2) is 29.2 Å². The number of carbonyl (C=O) groups excluding carboxylic acids is 1. The molecular formula is C12H14N4O3. The Hall–Kier alpha value is -1.99. The van der Waals surface area contributed by atoms with Gasteiger partial charge in [-0.3, -0.25) is 9.69 Å². The van der Waals surface area contributed by atoms with Gasteiger partial charge in [-0.15, -0.1) is 9.78 Å². The van der Waals surface area contributed by atoms with Gasteiger partial charge in [0.1, 0.15) is 0 Å². The van der Waals surface area contributed by atoms with Crippen LogP contribution in [0.2, 0.25) is 0 Å². The van der Waals surface area contributed by atoms with Crippen LogP contribution in [0.5, 0.6) is 0 Å². The Morgan fingerprint density at radius 1 is 1.47 bits per heavy atom. The molecule has 3 heterocycles. The Balaban J connectivity index is 1.86. The van der Waals surface area contributed by atoms with Crippen LogP contribution in [0.4, 0.5) is 0 Å². The van der Waals surface area contributed by atoms with E-state index in [0.717, 1.165) is 4.68 Å². The maximum Gasteiger partial charge on any atom is 0.357 e. The second-order valence-electron chi connectivity index (χ2n) is 4.69. The molecule has 0 aromatic carbocycles. The van der Waals surface area contributed by atoms with Gasteiger partial charge in [-0.25, -0.2) is 9.20 Å². The summed E-state index contributed by atoms with van der Waals surface area (Å²) in [5, 5.41) is 13.4. The highest BCUT2D eigenvalue weighted by atomic mass is 16.3. The highest BCUT2D eigenvalue weighted by Crippen LogP contribution is 2.08. The zero-order valence-electron chi connectivity index (χ0n) is 10.3. The van der Waals surface area contributed by atoms with E-state index >= 15 is 0 Å². The second-order valence-corrected chi connectivity index (χ2v) is 4.69. The quantitative estimate of drug-likeness (QED) is 0.766. The first-order chi connectivity index (χ1) is 9.15. The third kappa shape index (κ3) is 2.18. The van der Waals surface area contributed by atoms with Gasteiger partial charge in [0.05, 0.1) is 12.6 Å². The van der Waals surface area contributed by atoms with Crippen molar-refractivity contribution in [2.24, 2.45) is 0 Å². The molecule has 2 aromatic heterocycles. The van der Waals surface area contributed by atoms with E-state index in [1.807, 2.05) is 4.90 Å². The summed E-state index contributed by atoms with van der Waals surface area (Å²) in [7, 11) is 0. The summed E-state index contributed by atoms with van der Waals surface area (Å²) in [5.41, 5.74) is -0.0114. The van der Waals surface area contributed by atoms with E-state index < -0.39 is 5.69 Å². The molecule has 0 spiro atoms. The highest BCUT2D eigenvalue weighted by Gasteiger charge is 2.24. The molecule has 0 aliphatic carbocycles. The monoisotopic (exact) mass is 262 g/mol. The van der Waals surface area contributed by atoms with Crippen LogP contribution in [0.25, 0.3) is 5.65 Å². The molecule has 0 bridgehead atoms. The minimum atomic E-state index is -0.458. The molecule has 1 aliphatic heterocycles. The van der Waals surface area contributed by atoms with Gasteiger partial charge in [0.25, 0.3) is 5.91 Å². The van der Waals surface area contributed by atoms with Crippen LogP contribution in [0, 0.1) is 0 Å². The fourth-order valence-corrected chi connectivity index (χ4v) is 2.30. The van der Waals surface area contributed by atoms with Crippen molar-refractivity contribution in [2.45, 2.75) is 12.5 Å². The zero-order chi connectivity index (χ0) is 13.4. The summed E-state index contributed by atoms with van der Waals surface area (Å²) in [5.74, 6) is -0.372. The average Bonchev–Trinajstić information content (AvgIpc) is 2.94. The van der Waals surface area contributed by atoms with E-state index in [-0.39, 0.29) is 18.6 Å². The van der Waals surface area contributed by atoms with Crippen molar-refractivity contribution in [3.63, 3.8) is 0 Å². The fraction of sp³-hybridized carbons (Fsp3) is 0.417. The molecule has 1 aliphatic rings. The fourth-order valence-electron chi connectivity index (χ4n) is 2.30. The number of pyridine rings is 1. The number of hydrogen-bond donors (Lipinski definition) is 1. The van der Waals surface area contributed by atoms with Crippen LogP contribution < -0.4 is 5.69 Å². The van der Waals surface area contributed by atoms with E-state index in [9.17, 15) is 14.7 Å². The number of likely N-dealkylation sites (tertiary alicyclic amines) is 1. The van der Waals surface area contributed by atoms with Crippen molar-refractivity contribution in [2.75, 3.05) is 19.6 Å². The van der Waals surface area contributed by atoms with Gasteiger partial charge >= 0.3 is 5.69 Å². The number of aliphatic hydroxyl groups is 1. The van der Waals surface area contributed by atoms with Crippen LogP contribution in [-0.2, 0) is 0 Å². The Bertz CT molecular complexity index is 675. The maximum absolute atomic E-state index is 12.1. The van der Waals surface area contributed by atoms with Crippen molar-refractivity contribution < 1.29 is 9.90 Å². The van der Waals surface area contributed by atoms with Gasteiger partial charge in [0.2, 0.25) is 0 Å². The lowest BCUT2D eigenvalue weighted by Crippen LogP contribution is -2.36. The van der Waals surface area contributed by atoms with Gasteiger partial charge in [0.15, 0.2) is 5.65 Å². The van der Waals surface area contributed by atoms with Gasteiger partial charge in [0, 0.05) is 19.3 Å². The number of aromatic nitrogens is 3. The van der Waals surface area contributed by atoms with E-state index in [1.54, 1.807) is 24.4 Å². The number of hydrogen-bond acceptors (Lipinski definition) is 5. The molecule has 7 heteroatoms. The number of carbonyl (C=O) groups is 1. The summed E-state index contributed by atoms with van der Waals surface area (Å²) in [6.07, 6.45) is 1.85. The molecule has 1 saturated heterocycles. The molecule has 1 atom stereocenters. The van der Waals surface area contributed by atoms with Crippen LogP contribution >= 0.6 is 0 Å². The number of fused-ring (bicyclic) bond motifs is 1. The van der Waals surface area contributed by atoms with Gasteiger partial charge in [-0.05, 0) is 18.6 Å². The average molecular weight is 262 g/mol. The SMILES string of the molecule is O=C(CN1CC[C@@H](O)C1)n1nc2ccccn2c1=O. The first-order valence-corrected chi connectivity index (χ1v) is 6.15. The predicted octanol–water partition coefficient (Wildman–Crippen LogP) is -0.797. The summed E-state index contributed by atoms with van der Waals surface area (Å²) in [6, 6.07) is 5.14. The molecule has 100 valence electrons. The van der Waals surface area contributed by atoms with Crippen LogP contribution in [0.3, 0.4) is 0 Å². The lowest BCUT2D eigenvalue weighted by molar-refractivity contribution is 0.0832. The number of nitrogens with zero attached hydrogens (tertiary/aromatic N) is 4. The molecule has 2 aromatic rings. The van der Waals surface area contributed by atoms with E-state index in [0.29, 0.717) is 25.2 Å². The van der Waals surface area contributed by atoms with Crippen molar-refractivity contribution >= 4 is 11.6 Å². The molecular weight excluding hydrogens is 248 g/mol. The maximum atomic E-state index is 12.1. The van der Waals surface area contributed by atoms with Crippen LogP contribution in [0.1, 0.15) is 11.2 Å². The highest BCUT2D eigenvalue weighted by molar-refractivity contribution is 5.80. The summed E-state index contributed by atoms with van der Waals surface area (Å²) in [6.45, 7) is 1.23. The summed E-state index contributed by atoms with van der Waals surface area (Å²) in [4.78, 5) is 25.9. The van der Waals surface area contributed by atoms with E-state index in [1.165, 1.54) is 4.40 Å². The topological polar surface area (TPSA) is 79.8 Å². The molecule has 19 heavy (non-hydrogen) atoms. The molecule has 1 N–H and O–H groups in total. The standard InChI is InChI=1S/C12H14N4O3/c17-9-4-6-14(7-9)8-11(18)16-12(19)15-5-2-1-3-10(15)13-16/h1-3,5,9,17H,4,6-8H2/t9-/m1/s1. The van der Waals surface area contributed by atoms with Crippen molar-refractivity contribution in [3.05, 3.63) is 34.9 Å². The first-order valence-electron chi connectivity index (χ1n) is 6.15. The van der Waals surface area contributed by atoms with E-state index in [2.05, 4.69) is 5.10 Å². The normalized spacial score (nSPS) is 20.2. The smallest absolute Gasteiger partial charge is 0.357 e. The van der Waals surface area contributed by atoms with Crippen molar-refractivity contribution in [1.29, 1.82) is 0 Å². The van der Waals surface area contributed by atoms with Crippen LogP contribution in [-0.4, -0.2) is 55.8 Å². The third-order valence-corrected chi connectivity index (χ3v) is 3.27. The Morgan fingerprint density at radius 3 is 3.00 bits per heavy atom. The molecule has 0 radical (unpaired) electrons. The number of rotatable bonds is 2. The largest absolute Gasteiger partial charge is 0.392 e. The molecule has 0 amide bonds. The zero-order valence-corrected chi connectivity index (χ0v) is 10.3. The Kier molecular flexibility index (Phi) is 2.92. The lowest BCUT2D eigenvalue weighted by Gasteiger charge is -2.12. The third-order valence-electron chi connectivity index (χ3n) is 3.27. The molecule has 3 rings (SSSR count). The predicted molar refractivity (Wildman–Crippen MR) is 67.1 cm³/mol. The summed E-state index contributed by atoms with van der Waals surface area (Å²) >= 11 is 0. The second kappa shape index (κ2) is 4.60. The Labute approximate surface area is 108 Å².